The molecule has 3 aromatic rings. The van der Waals surface area contributed by atoms with Crippen LogP contribution in [0.1, 0.15) is 11.1 Å². The van der Waals surface area contributed by atoms with Gasteiger partial charge in [-0.05, 0) is 34.7 Å². The van der Waals surface area contributed by atoms with Crippen LogP contribution in [-0.2, 0) is 17.8 Å². The van der Waals surface area contributed by atoms with Crippen LogP contribution in [0.25, 0.3) is 11.1 Å². The summed E-state index contributed by atoms with van der Waals surface area (Å²) >= 11 is 12.4. The van der Waals surface area contributed by atoms with Crippen LogP contribution in [0.4, 0.5) is 0 Å². The third kappa shape index (κ3) is 5.51. The molecule has 1 heterocycles. The molecule has 0 spiro atoms. The molecule has 3 aromatic carbocycles. The average Bonchev–Trinajstić information content (AvgIpc) is 2.83. The van der Waals surface area contributed by atoms with E-state index in [2.05, 4.69) is 41.3 Å². The number of hydrogen-bond acceptors (Lipinski definition) is 3. The summed E-state index contributed by atoms with van der Waals surface area (Å²) in [5, 5.41) is 1.17. The summed E-state index contributed by atoms with van der Waals surface area (Å²) in [5.41, 5.74) is 10.7. The summed E-state index contributed by atoms with van der Waals surface area (Å²) in [4.78, 5) is 17.1. The van der Waals surface area contributed by atoms with E-state index in [0.717, 1.165) is 36.3 Å². The highest BCUT2D eigenvalue weighted by Gasteiger charge is 2.25. The molecule has 1 aliphatic heterocycles. The Kier molecular flexibility index (Phi) is 7.48. The molecule has 1 saturated heterocycles. The van der Waals surface area contributed by atoms with Crippen molar-refractivity contribution in [2.24, 2.45) is 5.73 Å². The number of amides is 1. The molecule has 1 atom stereocenters. The molecule has 0 saturated carbocycles. The summed E-state index contributed by atoms with van der Waals surface area (Å²) in [6.07, 6.45) is 0.534. The Morgan fingerprint density at radius 2 is 1.50 bits per heavy atom. The first-order valence-corrected chi connectivity index (χ1v) is 11.6. The molecular weight excluding hydrogens is 441 g/mol. The van der Waals surface area contributed by atoms with Gasteiger partial charge in [-0.2, -0.15) is 0 Å². The quantitative estimate of drug-likeness (QED) is 0.562. The molecule has 1 aliphatic rings. The minimum absolute atomic E-state index is 0.0116. The smallest absolute Gasteiger partial charge is 0.239 e. The van der Waals surface area contributed by atoms with Crippen molar-refractivity contribution >= 4 is 29.1 Å². The van der Waals surface area contributed by atoms with Crippen LogP contribution >= 0.6 is 23.2 Å². The average molecular weight is 468 g/mol. The van der Waals surface area contributed by atoms with Gasteiger partial charge in [-0.25, -0.2) is 0 Å². The van der Waals surface area contributed by atoms with E-state index in [1.165, 1.54) is 5.56 Å². The minimum atomic E-state index is -0.536. The van der Waals surface area contributed by atoms with Crippen LogP contribution in [-0.4, -0.2) is 47.9 Å². The molecule has 0 aromatic heterocycles. The predicted molar refractivity (Wildman–Crippen MR) is 132 cm³/mol. The van der Waals surface area contributed by atoms with Gasteiger partial charge >= 0.3 is 0 Å². The lowest BCUT2D eigenvalue weighted by atomic mass is 10.0. The fourth-order valence-corrected chi connectivity index (χ4v) is 4.46. The number of carbonyl (C=O) groups is 1. The number of nitrogens with zero attached hydrogens (tertiary/aromatic N) is 2. The highest BCUT2D eigenvalue weighted by atomic mass is 35.5. The van der Waals surface area contributed by atoms with Crippen molar-refractivity contribution < 1.29 is 4.79 Å². The molecular formula is C26H27Cl2N3O. The van der Waals surface area contributed by atoms with Gasteiger partial charge in [0, 0.05) is 32.7 Å². The Labute approximate surface area is 199 Å². The lowest BCUT2D eigenvalue weighted by Gasteiger charge is -2.36. The zero-order valence-electron chi connectivity index (χ0n) is 17.9. The first kappa shape index (κ1) is 22.8. The van der Waals surface area contributed by atoms with Gasteiger partial charge < -0.3 is 10.6 Å². The van der Waals surface area contributed by atoms with Crippen molar-refractivity contribution in [3.63, 3.8) is 0 Å². The van der Waals surface area contributed by atoms with Crippen LogP contribution in [0.15, 0.2) is 72.8 Å². The van der Waals surface area contributed by atoms with E-state index in [9.17, 15) is 4.79 Å². The van der Waals surface area contributed by atoms with E-state index in [1.807, 2.05) is 35.2 Å². The Bertz CT molecular complexity index is 1050. The van der Waals surface area contributed by atoms with Crippen molar-refractivity contribution in [2.75, 3.05) is 26.2 Å². The SMILES string of the molecule is NC(Cc1ccc(-c2ccccc2)cc1)C(=O)N1CCN(Cc2cccc(Cl)c2Cl)CC1. The fourth-order valence-electron chi connectivity index (χ4n) is 4.08. The molecule has 32 heavy (non-hydrogen) atoms. The zero-order valence-corrected chi connectivity index (χ0v) is 19.4. The topological polar surface area (TPSA) is 49.6 Å². The zero-order chi connectivity index (χ0) is 22.5. The van der Waals surface area contributed by atoms with Gasteiger partial charge in [-0.1, -0.05) is 89.9 Å². The Hall–Kier alpha value is -2.37. The summed E-state index contributed by atoms with van der Waals surface area (Å²) in [6.45, 7) is 3.62. The van der Waals surface area contributed by atoms with E-state index < -0.39 is 6.04 Å². The maximum absolute atomic E-state index is 12.9. The van der Waals surface area contributed by atoms with Gasteiger partial charge in [0.05, 0.1) is 16.1 Å². The van der Waals surface area contributed by atoms with Gasteiger partial charge in [0.15, 0.2) is 0 Å². The van der Waals surface area contributed by atoms with E-state index in [-0.39, 0.29) is 5.91 Å². The maximum atomic E-state index is 12.9. The van der Waals surface area contributed by atoms with Crippen LogP contribution in [0, 0.1) is 0 Å². The molecule has 4 rings (SSSR count). The summed E-state index contributed by atoms with van der Waals surface area (Å²) < 4.78 is 0. The van der Waals surface area contributed by atoms with Gasteiger partial charge in [-0.15, -0.1) is 0 Å². The Morgan fingerprint density at radius 1 is 0.844 bits per heavy atom. The van der Waals surface area contributed by atoms with Gasteiger partial charge in [0.25, 0.3) is 0 Å². The highest BCUT2D eigenvalue weighted by Crippen LogP contribution is 2.27. The van der Waals surface area contributed by atoms with Gasteiger partial charge in [0.2, 0.25) is 5.91 Å². The number of piperazine rings is 1. The molecule has 4 nitrogen and oxygen atoms in total. The number of halogens is 2. The van der Waals surface area contributed by atoms with Crippen molar-refractivity contribution in [3.8, 4) is 11.1 Å². The molecule has 1 fully saturated rings. The molecule has 0 radical (unpaired) electrons. The summed E-state index contributed by atoms with van der Waals surface area (Å²) in [7, 11) is 0. The standard InChI is InChI=1S/C26H27Cl2N3O/c27-23-8-4-7-22(25(23)28)18-30-13-15-31(16-14-30)26(32)24(29)17-19-9-11-21(12-10-19)20-5-2-1-3-6-20/h1-12,24H,13-18,29H2. The highest BCUT2D eigenvalue weighted by molar-refractivity contribution is 6.42. The second-order valence-electron chi connectivity index (χ2n) is 8.19. The van der Waals surface area contributed by atoms with E-state index in [0.29, 0.717) is 29.6 Å². The third-order valence-electron chi connectivity index (χ3n) is 5.94. The van der Waals surface area contributed by atoms with Crippen molar-refractivity contribution in [1.29, 1.82) is 0 Å². The third-order valence-corrected chi connectivity index (χ3v) is 6.80. The second kappa shape index (κ2) is 10.5. The summed E-state index contributed by atoms with van der Waals surface area (Å²) in [6, 6.07) is 23.7. The number of benzene rings is 3. The van der Waals surface area contributed by atoms with Crippen LogP contribution in [0.2, 0.25) is 10.0 Å². The lowest BCUT2D eigenvalue weighted by Crippen LogP contribution is -2.53. The van der Waals surface area contributed by atoms with E-state index >= 15 is 0 Å². The molecule has 1 unspecified atom stereocenters. The number of carbonyl (C=O) groups excluding carboxylic acids is 1. The van der Waals surface area contributed by atoms with E-state index in [1.54, 1.807) is 6.07 Å². The van der Waals surface area contributed by atoms with Crippen molar-refractivity contribution in [3.05, 3.63) is 94.0 Å². The van der Waals surface area contributed by atoms with E-state index in [4.69, 9.17) is 28.9 Å². The van der Waals surface area contributed by atoms with Gasteiger partial charge in [-0.3, -0.25) is 9.69 Å². The Balaban J connectivity index is 1.29. The lowest BCUT2D eigenvalue weighted by molar-refractivity contribution is -0.134. The molecule has 6 heteroatoms. The molecule has 166 valence electrons. The monoisotopic (exact) mass is 467 g/mol. The summed E-state index contributed by atoms with van der Waals surface area (Å²) in [5.74, 6) is 0.0116. The molecule has 1 amide bonds. The fraction of sp³-hybridized carbons (Fsp3) is 0.269. The normalized spacial score (nSPS) is 15.5. The predicted octanol–water partition coefficient (Wildman–Crippen LogP) is 4.87. The minimum Gasteiger partial charge on any atom is -0.339 e. The largest absolute Gasteiger partial charge is 0.339 e. The number of nitrogens with two attached hydrogens (primary N) is 1. The first-order valence-electron chi connectivity index (χ1n) is 10.9. The van der Waals surface area contributed by atoms with Gasteiger partial charge in [0.1, 0.15) is 0 Å². The molecule has 0 bridgehead atoms. The van der Waals surface area contributed by atoms with Crippen LogP contribution in [0.3, 0.4) is 0 Å². The molecule has 0 aliphatic carbocycles. The maximum Gasteiger partial charge on any atom is 0.239 e. The van der Waals surface area contributed by atoms with Crippen LogP contribution in [0.5, 0.6) is 0 Å². The Morgan fingerprint density at radius 3 is 2.19 bits per heavy atom. The number of rotatable bonds is 6. The van der Waals surface area contributed by atoms with Crippen LogP contribution < -0.4 is 5.73 Å². The molecule has 2 N–H and O–H groups in total. The van der Waals surface area contributed by atoms with Crippen molar-refractivity contribution in [1.82, 2.24) is 9.80 Å². The van der Waals surface area contributed by atoms with Crippen molar-refractivity contribution in [2.45, 2.75) is 19.0 Å². The first-order chi connectivity index (χ1) is 15.5. The second-order valence-corrected chi connectivity index (χ2v) is 8.97. The number of hydrogen-bond donors (Lipinski definition) is 1.